The van der Waals surface area contributed by atoms with Crippen LogP contribution in [0.3, 0.4) is 0 Å². The Morgan fingerprint density at radius 1 is 1.50 bits per heavy atom. The summed E-state index contributed by atoms with van der Waals surface area (Å²) in [6.45, 7) is 0.743. The van der Waals surface area contributed by atoms with E-state index >= 15 is 0 Å². The highest BCUT2D eigenvalue weighted by Gasteiger charge is 2.27. The quantitative estimate of drug-likeness (QED) is 0.817. The van der Waals surface area contributed by atoms with E-state index in [1.54, 1.807) is 4.90 Å². The average Bonchev–Trinajstić information content (AvgIpc) is 2.89. The summed E-state index contributed by atoms with van der Waals surface area (Å²) in [6, 6.07) is 7.29. The van der Waals surface area contributed by atoms with Crippen molar-refractivity contribution in [3.8, 4) is 0 Å². The minimum atomic E-state index is -0.198. The van der Waals surface area contributed by atoms with Crippen LogP contribution in [-0.4, -0.2) is 35.7 Å². The molecule has 1 fully saturated rings. The molecule has 5 heteroatoms. The van der Waals surface area contributed by atoms with Gasteiger partial charge in [0.25, 0.3) is 0 Å². The summed E-state index contributed by atoms with van der Waals surface area (Å²) in [5.41, 5.74) is 7.14. The zero-order valence-corrected chi connectivity index (χ0v) is 12.1. The zero-order valence-electron chi connectivity index (χ0n) is 11.4. The highest BCUT2D eigenvalue weighted by atomic mass is 35.5. The maximum Gasteiger partial charge on any atom is 0.224 e. The fourth-order valence-electron chi connectivity index (χ4n) is 2.61. The molecule has 1 aliphatic heterocycles. The summed E-state index contributed by atoms with van der Waals surface area (Å²) in [5, 5.41) is 8.04. The van der Waals surface area contributed by atoms with E-state index in [-0.39, 0.29) is 18.0 Å². The lowest BCUT2D eigenvalue weighted by atomic mass is 10.0. The summed E-state index contributed by atoms with van der Waals surface area (Å²) in [7, 11) is 0. The van der Waals surface area contributed by atoms with Crippen molar-refractivity contribution < 1.29 is 4.79 Å². The Hall–Kier alpha value is -1.39. The Kier molecular flexibility index (Phi) is 5.15. The summed E-state index contributed by atoms with van der Waals surface area (Å²) in [4.78, 5) is 14.0. The molecule has 0 bridgehead atoms. The monoisotopic (exact) mass is 293 g/mol. The number of amides is 1. The predicted octanol–water partition coefficient (Wildman–Crippen LogP) is 2.24. The van der Waals surface area contributed by atoms with E-state index in [9.17, 15) is 4.79 Å². The maximum absolute atomic E-state index is 12.2. The Morgan fingerprint density at radius 2 is 2.20 bits per heavy atom. The van der Waals surface area contributed by atoms with Crippen LogP contribution in [0.15, 0.2) is 24.3 Å². The molecule has 1 aliphatic rings. The van der Waals surface area contributed by atoms with E-state index in [1.165, 1.54) is 6.21 Å². The minimum Gasteiger partial charge on any atom is -0.335 e. The number of hydrogen-bond donors (Lipinski definition) is 2. The number of carbonyl (C=O) groups is 1. The number of likely N-dealkylation sites (tertiary alicyclic amines) is 1. The van der Waals surface area contributed by atoms with Crippen LogP contribution >= 0.6 is 11.6 Å². The number of carbonyl (C=O) groups excluding carboxylic acids is 1. The van der Waals surface area contributed by atoms with Gasteiger partial charge in [0.05, 0.1) is 6.04 Å². The van der Waals surface area contributed by atoms with Gasteiger partial charge < -0.3 is 16.0 Å². The van der Waals surface area contributed by atoms with Gasteiger partial charge in [-0.3, -0.25) is 4.79 Å². The van der Waals surface area contributed by atoms with Crippen molar-refractivity contribution in [2.45, 2.75) is 37.8 Å². The van der Waals surface area contributed by atoms with Crippen LogP contribution in [0.2, 0.25) is 5.02 Å². The molecule has 20 heavy (non-hydrogen) atoms. The van der Waals surface area contributed by atoms with Gasteiger partial charge in [-0.1, -0.05) is 23.7 Å². The van der Waals surface area contributed by atoms with Crippen molar-refractivity contribution in [3.05, 3.63) is 34.9 Å². The summed E-state index contributed by atoms with van der Waals surface area (Å²) < 4.78 is 0. The third-order valence-corrected chi connectivity index (χ3v) is 3.91. The number of nitrogens with two attached hydrogens (primary N) is 1. The van der Waals surface area contributed by atoms with Gasteiger partial charge in [-0.05, 0) is 37.0 Å². The molecular weight excluding hydrogens is 274 g/mol. The lowest BCUT2D eigenvalue weighted by molar-refractivity contribution is -0.131. The molecule has 1 saturated heterocycles. The number of nitrogens with one attached hydrogen (secondary N) is 1. The first kappa shape index (κ1) is 15.0. The highest BCUT2D eigenvalue weighted by molar-refractivity contribution is 6.30. The van der Waals surface area contributed by atoms with Crippen LogP contribution in [-0.2, 0) is 11.2 Å². The lowest BCUT2D eigenvalue weighted by Crippen LogP contribution is -2.40. The normalized spacial score (nSPS) is 19.9. The predicted molar refractivity (Wildman–Crippen MR) is 81.3 cm³/mol. The molecule has 0 aliphatic carbocycles. The van der Waals surface area contributed by atoms with E-state index in [0.717, 1.165) is 24.9 Å². The first-order valence-corrected chi connectivity index (χ1v) is 7.28. The van der Waals surface area contributed by atoms with Gasteiger partial charge in [0, 0.05) is 30.2 Å². The molecule has 4 nitrogen and oxygen atoms in total. The van der Waals surface area contributed by atoms with Crippen molar-refractivity contribution >= 4 is 23.7 Å². The van der Waals surface area contributed by atoms with Crippen LogP contribution in [0.25, 0.3) is 0 Å². The largest absolute Gasteiger partial charge is 0.335 e. The van der Waals surface area contributed by atoms with Crippen molar-refractivity contribution in [2.24, 2.45) is 5.73 Å². The SMILES string of the molecule is N=C[C@@H]1CCCN1C(=O)CC(N)Cc1ccc(Cl)cc1. The second-order valence-electron chi connectivity index (χ2n) is 5.26. The fraction of sp³-hybridized carbons (Fsp3) is 0.467. The van der Waals surface area contributed by atoms with Crippen molar-refractivity contribution in [1.29, 1.82) is 5.41 Å². The smallest absolute Gasteiger partial charge is 0.224 e. The molecule has 108 valence electrons. The van der Waals surface area contributed by atoms with Gasteiger partial charge in [0.1, 0.15) is 0 Å². The molecule has 0 spiro atoms. The van der Waals surface area contributed by atoms with Crippen LogP contribution in [0.5, 0.6) is 0 Å². The number of rotatable bonds is 5. The summed E-state index contributed by atoms with van der Waals surface area (Å²) in [6.07, 6.45) is 4.20. The van der Waals surface area contributed by atoms with Crippen molar-refractivity contribution in [1.82, 2.24) is 4.90 Å². The molecule has 0 aromatic heterocycles. The van der Waals surface area contributed by atoms with Crippen LogP contribution in [0.4, 0.5) is 0 Å². The summed E-state index contributed by atoms with van der Waals surface area (Å²) >= 11 is 5.84. The third kappa shape index (κ3) is 3.81. The average molecular weight is 294 g/mol. The first-order chi connectivity index (χ1) is 9.60. The second kappa shape index (κ2) is 6.86. The molecule has 2 atom stereocenters. The molecule has 1 amide bonds. The minimum absolute atomic E-state index is 0.0368. The molecular formula is C15H20ClN3O. The van der Waals surface area contributed by atoms with Crippen LogP contribution in [0.1, 0.15) is 24.8 Å². The van der Waals surface area contributed by atoms with Crippen LogP contribution in [0, 0.1) is 5.41 Å². The zero-order chi connectivity index (χ0) is 14.5. The highest BCUT2D eigenvalue weighted by Crippen LogP contribution is 2.18. The molecule has 0 radical (unpaired) electrons. The lowest BCUT2D eigenvalue weighted by Gasteiger charge is -2.23. The third-order valence-electron chi connectivity index (χ3n) is 3.66. The Morgan fingerprint density at radius 3 is 2.85 bits per heavy atom. The van der Waals surface area contributed by atoms with Gasteiger partial charge in [-0.25, -0.2) is 0 Å². The van der Waals surface area contributed by atoms with Gasteiger partial charge >= 0.3 is 0 Å². The Bertz CT molecular complexity index is 475. The molecule has 1 unspecified atom stereocenters. The number of hydrogen-bond acceptors (Lipinski definition) is 3. The van der Waals surface area contributed by atoms with E-state index in [2.05, 4.69) is 0 Å². The first-order valence-electron chi connectivity index (χ1n) is 6.90. The van der Waals surface area contributed by atoms with Gasteiger partial charge in [-0.15, -0.1) is 0 Å². The topological polar surface area (TPSA) is 70.2 Å². The van der Waals surface area contributed by atoms with E-state index in [0.29, 0.717) is 17.9 Å². The van der Waals surface area contributed by atoms with Crippen molar-refractivity contribution in [2.75, 3.05) is 6.54 Å². The van der Waals surface area contributed by atoms with Gasteiger partial charge in [0.2, 0.25) is 5.91 Å². The molecule has 2 rings (SSSR count). The Labute approximate surface area is 124 Å². The molecule has 1 heterocycles. The molecule has 3 N–H and O–H groups in total. The van der Waals surface area contributed by atoms with E-state index in [1.807, 2.05) is 24.3 Å². The maximum atomic E-state index is 12.2. The standard InChI is InChI=1S/C15H20ClN3O/c16-12-5-3-11(4-6-12)8-13(18)9-15(20)19-7-1-2-14(19)10-17/h3-6,10,13-14,17H,1-2,7-9,18H2/t13?,14-/m0/s1. The number of nitrogens with zero attached hydrogens (tertiary/aromatic N) is 1. The van der Waals surface area contributed by atoms with Gasteiger partial charge in [0.15, 0.2) is 0 Å². The number of benzene rings is 1. The Balaban J connectivity index is 1.87. The second-order valence-corrected chi connectivity index (χ2v) is 5.69. The summed E-state index contributed by atoms with van der Waals surface area (Å²) in [5.74, 6) is 0.0532. The van der Waals surface area contributed by atoms with Gasteiger partial charge in [-0.2, -0.15) is 0 Å². The van der Waals surface area contributed by atoms with Crippen LogP contribution < -0.4 is 5.73 Å². The number of halogens is 1. The van der Waals surface area contributed by atoms with E-state index in [4.69, 9.17) is 22.7 Å². The van der Waals surface area contributed by atoms with E-state index < -0.39 is 0 Å². The molecule has 1 aromatic rings. The fourth-order valence-corrected chi connectivity index (χ4v) is 2.74. The van der Waals surface area contributed by atoms with Crippen molar-refractivity contribution in [3.63, 3.8) is 0 Å². The molecule has 0 saturated carbocycles. The molecule has 1 aromatic carbocycles.